The number of carbonyl (C=O) groups is 1. The summed E-state index contributed by atoms with van der Waals surface area (Å²) < 4.78 is 5.20. The van der Waals surface area contributed by atoms with Gasteiger partial charge in [0.1, 0.15) is 5.60 Å². The van der Waals surface area contributed by atoms with E-state index in [4.69, 9.17) is 4.74 Å². The van der Waals surface area contributed by atoms with Crippen molar-refractivity contribution < 1.29 is 9.53 Å². The van der Waals surface area contributed by atoms with Crippen molar-refractivity contribution in [2.75, 3.05) is 33.2 Å². The maximum Gasteiger partial charge on any atom is 0.407 e. The summed E-state index contributed by atoms with van der Waals surface area (Å²) in [6.45, 7) is 10.2. The predicted octanol–water partition coefficient (Wildman–Crippen LogP) is 2.71. The van der Waals surface area contributed by atoms with Crippen LogP contribution in [0.3, 0.4) is 0 Å². The smallest absolute Gasteiger partial charge is 0.407 e. The highest BCUT2D eigenvalue weighted by atomic mass is 32.1. The van der Waals surface area contributed by atoms with E-state index < -0.39 is 11.7 Å². The Morgan fingerprint density at radius 1 is 1.38 bits per heavy atom. The topological polar surface area (TPSA) is 66.0 Å². The zero-order valence-electron chi connectivity index (χ0n) is 15.4. The van der Waals surface area contributed by atoms with E-state index in [1.54, 1.807) is 11.3 Å². The molecule has 2 N–H and O–H groups in total. The standard InChI is InChI=1S/C17H30N4O2S/c1-6-18-15(21(5)12-9-14-8-7-13-24-14)19-10-11-20-16(22)23-17(2,3)4/h7-8,13H,6,9-12H2,1-5H3,(H,18,19)(H,20,22). The van der Waals surface area contributed by atoms with Crippen LogP contribution in [0.4, 0.5) is 4.79 Å². The highest BCUT2D eigenvalue weighted by Gasteiger charge is 2.15. The number of nitrogens with one attached hydrogen (secondary N) is 2. The van der Waals surface area contributed by atoms with Crippen LogP contribution in [0, 0.1) is 0 Å². The van der Waals surface area contributed by atoms with E-state index >= 15 is 0 Å². The molecular formula is C17H30N4O2S. The summed E-state index contributed by atoms with van der Waals surface area (Å²) in [5, 5.41) is 8.09. The number of thiophene rings is 1. The Bertz CT molecular complexity index is 509. The second kappa shape index (κ2) is 10.2. The van der Waals surface area contributed by atoms with E-state index in [-0.39, 0.29) is 0 Å². The zero-order chi connectivity index (χ0) is 18.0. The lowest BCUT2D eigenvalue weighted by molar-refractivity contribution is 0.0529. The number of guanidine groups is 1. The average molecular weight is 355 g/mol. The van der Waals surface area contributed by atoms with Crippen molar-refractivity contribution in [3.8, 4) is 0 Å². The lowest BCUT2D eigenvalue weighted by Gasteiger charge is -2.22. The number of ether oxygens (including phenoxy) is 1. The number of nitrogens with zero attached hydrogens (tertiary/aromatic N) is 2. The molecule has 1 amide bonds. The fourth-order valence-corrected chi connectivity index (χ4v) is 2.64. The first-order valence-corrected chi connectivity index (χ1v) is 9.18. The van der Waals surface area contributed by atoms with Crippen molar-refractivity contribution in [2.24, 2.45) is 4.99 Å². The maximum absolute atomic E-state index is 11.6. The number of rotatable bonds is 7. The quantitative estimate of drug-likeness (QED) is 0.449. The Balaban J connectivity index is 2.39. The van der Waals surface area contributed by atoms with Crippen LogP contribution in [-0.4, -0.2) is 55.8 Å². The first-order chi connectivity index (χ1) is 11.3. The van der Waals surface area contributed by atoms with Crippen LogP contribution in [0.1, 0.15) is 32.6 Å². The van der Waals surface area contributed by atoms with Crippen molar-refractivity contribution in [1.82, 2.24) is 15.5 Å². The number of hydrogen-bond donors (Lipinski definition) is 2. The van der Waals surface area contributed by atoms with Gasteiger partial charge in [0, 0.05) is 31.6 Å². The summed E-state index contributed by atoms with van der Waals surface area (Å²) in [5.41, 5.74) is -0.482. The molecule has 0 saturated carbocycles. The van der Waals surface area contributed by atoms with Crippen molar-refractivity contribution >= 4 is 23.4 Å². The van der Waals surface area contributed by atoms with E-state index in [0.717, 1.165) is 25.5 Å². The minimum atomic E-state index is -0.482. The lowest BCUT2D eigenvalue weighted by atomic mass is 10.2. The van der Waals surface area contributed by atoms with Gasteiger partial charge in [-0.25, -0.2) is 4.79 Å². The number of hydrogen-bond acceptors (Lipinski definition) is 4. The largest absolute Gasteiger partial charge is 0.444 e. The van der Waals surface area contributed by atoms with Crippen LogP contribution in [0.5, 0.6) is 0 Å². The first kappa shape index (κ1) is 20.3. The van der Waals surface area contributed by atoms with E-state index in [1.165, 1.54) is 4.88 Å². The molecule has 0 spiro atoms. The zero-order valence-corrected chi connectivity index (χ0v) is 16.2. The van der Waals surface area contributed by atoms with Gasteiger partial charge in [0.25, 0.3) is 0 Å². The number of alkyl carbamates (subject to hydrolysis) is 1. The van der Waals surface area contributed by atoms with Crippen molar-refractivity contribution in [3.05, 3.63) is 22.4 Å². The molecule has 6 nitrogen and oxygen atoms in total. The van der Waals surface area contributed by atoms with Gasteiger partial charge < -0.3 is 20.3 Å². The van der Waals surface area contributed by atoms with Gasteiger partial charge in [0.2, 0.25) is 0 Å². The molecule has 1 rings (SSSR count). The molecule has 0 aromatic carbocycles. The van der Waals surface area contributed by atoms with Gasteiger partial charge in [0.05, 0.1) is 6.54 Å². The van der Waals surface area contributed by atoms with Crippen LogP contribution in [0.15, 0.2) is 22.5 Å². The molecule has 0 unspecified atom stereocenters. The fourth-order valence-electron chi connectivity index (χ4n) is 1.94. The monoisotopic (exact) mass is 354 g/mol. The number of aliphatic imine (C=N–C) groups is 1. The van der Waals surface area contributed by atoms with Gasteiger partial charge in [-0.05, 0) is 45.6 Å². The lowest BCUT2D eigenvalue weighted by Crippen LogP contribution is -2.40. The van der Waals surface area contributed by atoms with Gasteiger partial charge in [-0.3, -0.25) is 4.99 Å². The van der Waals surface area contributed by atoms with E-state index in [1.807, 2.05) is 34.7 Å². The molecule has 0 saturated heterocycles. The van der Waals surface area contributed by atoms with Crippen LogP contribution in [-0.2, 0) is 11.2 Å². The molecule has 0 radical (unpaired) electrons. The molecule has 0 aliphatic rings. The molecule has 1 heterocycles. The minimum absolute atomic E-state index is 0.409. The molecule has 136 valence electrons. The Labute approximate surface area is 149 Å². The average Bonchev–Trinajstić information content (AvgIpc) is 2.99. The summed E-state index contributed by atoms with van der Waals surface area (Å²) in [4.78, 5) is 19.6. The molecular weight excluding hydrogens is 324 g/mol. The van der Waals surface area contributed by atoms with Gasteiger partial charge in [-0.1, -0.05) is 6.07 Å². The molecule has 0 aliphatic carbocycles. The third kappa shape index (κ3) is 8.76. The Morgan fingerprint density at radius 2 is 2.12 bits per heavy atom. The maximum atomic E-state index is 11.6. The van der Waals surface area contributed by atoms with Gasteiger partial charge in [0.15, 0.2) is 5.96 Å². The second-order valence-corrected chi connectivity index (χ2v) is 7.45. The predicted molar refractivity (Wildman–Crippen MR) is 101 cm³/mol. The van der Waals surface area contributed by atoms with Gasteiger partial charge in [-0.2, -0.15) is 0 Å². The molecule has 0 aliphatic heterocycles. The molecule has 1 aromatic heterocycles. The van der Waals surface area contributed by atoms with Gasteiger partial charge >= 0.3 is 6.09 Å². The Kier molecular flexibility index (Phi) is 8.60. The summed E-state index contributed by atoms with van der Waals surface area (Å²) in [6, 6.07) is 4.22. The van der Waals surface area contributed by atoms with Crippen LogP contribution >= 0.6 is 11.3 Å². The number of amides is 1. The van der Waals surface area contributed by atoms with Crippen LogP contribution < -0.4 is 10.6 Å². The molecule has 0 bridgehead atoms. The third-order valence-electron chi connectivity index (χ3n) is 3.01. The van der Waals surface area contributed by atoms with Crippen molar-refractivity contribution in [1.29, 1.82) is 0 Å². The Morgan fingerprint density at radius 3 is 2.71 bits per heavy atom. The number of likely N-dealkylation sites (N-methyl/N-ethyl adjacent to an activating group) is 1. The van der Waals surface area contributed by atoms with Crippen molar-refractivity contribution in [3.63, 3.8) is 0 Å². The van der Waals surface area contributed by atoms with Gasteiger partial charge in [-0.15, -0.1) is 11.3 Å². The highest BCUT2D eigenvalue weighted by molar-refractivity contribution is 7.09. The van der Waals surface area contributed by atoms with Crippen LogP contribution in [0.2, 0.25) is 0 Å². The SMILES string of the molecule is CCNC(=NCCNC(=O)OC(C)(C)C)N(C)CCc1cccs1. The van der Waals surface area contributed by atoms with E-state index in [2.05, 4.69) is 38.0 Å². The molecule has 24 heavy (non-hydrogen) atoms. The molecule has 0 fully saturated rings. The third-order valence-corrected chi connectivity index (χ3v) is 3.95. The molecule has 7 heteroatoms. The second-order valence-electron chi connectivity index (χ2n) is 6.42. The highest BCUT2D eigenvalue weighted by Crippen LogP contribution is 2.09. The normalized spacial score (nSPS) is 12.0. The summed E-state index contributed by atoms with van der Waals surface area (Å²) in [7, 11) is 2.02. The minimum Gasteiger partial charge on any atom is -0.444 e. The molecule has 0 atom stereocenters. The summed E-state index contributed by atoms with van der Waals surface area (Å²) >= 11 is 1.77. The number of carbonyl (C=O) groups excluding carboxylic acids is 1. The van der Waals surface area contributed by atoms with E-state index in [0.29, 0.717) is 13.1 Å². The van der Waals surface area contributed by atoms with E-state index in [9.17, 15) is 4.79 Å². The molecule has 1 aromatic rings. The summed E-state index contributed by atoms with van der Waals surface area (Å²) in [6.07, 6.45) is 0.586. The van der Waals surface area contributed by atoms with Crippen molar-refractivity contribution in [2.45, 2.75) is 39.7 Å². The fraction of sp³-hybridized carbons (Fsp3) is 0.647. The summed E-state index contributed by atoms with van der Waals surface area (Å²) in [5.74, 6) is 0.847. The van der Waals surface area contributed by atoms with Crippen LogP contribution in [0.25, 0.3) is 0 Å². The Hall–Kier alpha value is -1.76. The first-order valence-electron chi connectivity index (χ1n) is 8.30.